The summed E-state index contributed by atoms with van der Waals surface area (Å²) < 4.78 is 31.3. The van der Waals surface area contributed by atoms with E-state index >= 15 is 4.39 Å². The number of carboxylic acid groups (broad SMARTS) is 1. The van der Waals surface area contributed by atoms with Gasteiger partial charge >= 0.3 is 5.97 Å². The Balaban J connectivity index is 1.63. The van der Waals surface area contributed by atoms with Crippen molar-refractivity contribution in [3.05, 3.63) is 114 Å². The summed E-state index contributed by atoms with van der Waals surface area (Å²) in [4.78, 5) is 125. The van der Waals surface area contributed by atoms with Gasteiger partial charge in [0.2, 0.25) is 47.3 Å². The number of carbonyl (C=O) groups is 9. The number of benzene rings is 2. The lowest BCUT2D eigenvalue weighted by molar-refractivity contribution is -0.141. The number of halogens is 2. The minimum atomic E-state index is -1.82. The molecule has 0 aliphatic heterocycles. The Morgan fingerprint density at radius 1 is 0.726 bits per heavy atom. The highest BCUT2D eigenvalue weighted by molar-refractivity contribution is 6.15. The van der Waals surface area contributed by atoms with Crippen LogP contribution in [0.4, 0.5) is 8.78 Å². The summed E-state index contributed by atoms with van der Waals surface area (Å²) in [6.45, 7) is 10.3. The fraction of sp³-hybridized carbons (Fsp3) is 0.483. The minimum Gasteiger partial charge on any atom is -0.481 e. The van der Waals surface area contributed by atoms with Gasteiger partial charge in [-0.05, 0) is 71.7 Å². The fourth-order valence-corrected chi connectivity index (χ4v) is 9.41. The number of hydrogen-bond acceptors (Lipinski definition) is 13. The Hall–Kier alpha value is -7.63. The number of nitrogens with two attached hydrogens (primary N) is 1. The van der Waals surface area contributed by atoms with Gasteiger partial charge in [-0.3, -0.25) is 48.1 Å². The zero-order valence-corrected chi connectivity index (χ0v) is 49.6. The number of aliphatic hydroxyl groups is 2. The van der Waals surface area contributed by atoms with Crippen LogP contribution in [0.15, 0.2) is 85.3 Å². The molecule has 0 bridgehead atoms. The molecular weight excluding hydrogens is 1110 g/mol. The van der Waals surface area contributed by atoms with Gasteiger partial charge in [0.15, 0.2) is 0 Å². The molecule has 2 aromatic heterocycles. The van der Waals surface area contributed by atoms with Crippen LogP contribution >= 0.6 is 0 Å². The van der Waals surface area contributed by atoms with Crippen molar-refractivity contribution in [1.82, 2.24) is 51.7 Å². The van der Waals surface area contributed by atoms with Crippen molar-refractivity contribution >= 4 is 69.5 Å². The molecule has 2 aromatic carbocycles. The molecular formula is C58H78AlF2N11O12. The number of hydrogen-bond donors (Lipinski definition) is 11. The van der Waals surface area contributed by atoms with Gasteiger partial charge in [0.25, 0.3) is 0 Å². The average molecular weight is 1190 g/mol. The second-order valence-electron chi connectivity index (χ2n) is 22.5. The first-order valence-corrected chi connectivity index (χ1v) is 27.9. The smallest absolute Gasteiger partial charge is 0.303 e. The van der Waals surface area contributed by atoms with E-state index in [4.69, 9.17) is 5.73 Å². The molecule has 6 atom stereocenters. The second kappa shape index (κ2) is 31.9. The molecule has 8 amide bonds. The molecule has 0 spiro atoms. The van der Waals surface area contributed by atoms with Crippen LogP contribution in [-0.2, 0) is 56.1 Å². The lowest BCUT2D eigenvalue weighted by Crippen LogP contribution is -2.59. The highest BCUT2D eigenvalue weighted by Crippen LogP contribution is 2.48. The SMILES string of the molecule is C[C@H](NC(=O)Cc1ccncc1)C(=O)N[C@H](CO)C(=O)N[C@@H](CC(N)=O)C(=O)N[C@@H](CCN(C(=O)CO)[C@@H](c1cc(-c2cc(F)ccc2F)cn1Cc1ccccc1)C(C)(C)C)C(=O)NCCNCCNC(=O)CC(C)(CC(=O)O)[C](C)(C)[Al]. The van der Waals surface area contributed by atoms with Gasteiger partial charge < -0.3 is 67.7 Å². The third-order valence-electron chi connectivity index (χ3n) is 14.1. The molecule has 23 nitrogen and oxygen atoms in total. The summed E-state index contributed by atoms with van der Waals surface area (Å²) in [5.74, 6) is -9.27. The third kappa shape index (κ3) is 21.2. The van der Waals surface area contributed by atoms with Crippen LogP contribution in [0.2, 0.25) is 4.28 Å². The van der Waals surface area contributed by atoms with E-state index in [1.165, 1.54) is 24.2 Å². The van der Waals surface area contributed by atoms with Crippen LogP contribution in [-0.4, -0.2) is 169 Å². The fourth-order valence-electron chi connectivity index (χ4n) is 9.21. The lowest BCUT2D eigenvalue weighted by atomic mass is 9.72. The molecule has 4 aromatic rings. The van der Waals surface area contributed by atoms with Crippen molar-refractivity contribution < 1.29 is 67.3 Å². The molecule has 12 N–H and O–H groups in total. The van der Waals surface area contributed by atoms with Gasteiger partial charge in [0.1, 0.15) is 58.7 Å². The standard InChI is InChI=1S/C58H78F2N11O12.Al/c1-35(2)58(7,30-51(78)79)29-49(76)64-22-20-63-21-23-65-54(81)43(67-55(82)44(28-47(61)74)68-56(83)45(33-72)69-53(80)36(3)66-48(75)25-37-15-18-62-19-16-37)17-24-71(50(77)34-73)52(57(4,5)6)46-26-39(41-27-40(59)13-14-42(41)60)32-70(46)31-38-11-9-8-10-12-38;/h8-16,18-19,26-27,32,36,43-45,52,63,72-73H,17,20-25,28-31,33-34H2,1-7H3,(H2,61,74)(H,64,76)(H,65,81)(H,66,75)(H,67,82)(H,68,83)(H,69,80)(H,78,79);/t36-,43-,44-,45+,52-,58?;/m0./s1. The van der Waals surface area contributed by atoms with E-state index < -0.39 is 124 Å². The summed E-state index contributed by atoms with van der Waals surface area (Å²) >= 11 is 2.59. The van der Waals surface area contributed by atoms with Crippen molar-refractivity contribution in [3.63, 3.8) is 0 Å². The molecule has 0 saturated heterocycles. The van der Waals surface area contributed by atoms with Crippen LogP contribution in [0.3, 0.4) is 0 Å². The van der Waals surface area contributed by atoms with Crippen molar-refractivity contribution in [2.75, 3.05) is 45.9 Å². The first-order valence-electron chi connectivity index (χ1n) is 27.3. The van der Waals surface area contributed by atoms with Gasteiger partial charge in [-0.1, -0.05) is 76.2 Å². The number of pyridine rings is 1. The first-order chi connectivity index (χ1) is 39.5. The monoisotopic (exact) mass is 1190 g/mol. The number of carboxylic acids is 1. The normalized spacial score (nSPS) is 14.0. The Kier molecular flexibility index (Phi) is 26.1. The Morgan fingerprint density at radius 3 is 1.94 bits per heavy atom. The maximum absolute atomic E-state index is 15.5. The van der Waals surface area contributed by atoms with E-state index in [1.807, 2.05) is 65.0 Å². The predicted molar refractivity (Wildman–Crippen MR) is 307 cm³/mol. The van der Waals surface area contributed by atoms with E-state index in [0.717, 1.165) is 23.8 Å². The van der Waals surface area contributed by atoms with Crippen molar-refractivity contribution in [1.29, 1.82) is 0 Å². The maximum Gasteiger partial charge on any atom is 0.303 e. The Labute approximate surface area is 495 Å². The van der Waals surface area contributed by atoms with Crippen LogP contribution in [0.1, 0.15) is 97.0 Å². The number of aliphatic hydroxyl groups excluding tert-OH is 2. The maximum atomic E-state index is 15.5. The molecule has 2 radical (unpaired) electrons. The summed E-state index contributed by atoms with van der Waals surface area (Å²) in [5.41, 5.74) is 5.81. The Bertz CT molecular complexity index is 2920. The number of nitrogens with zero attached hydrogens (tertiary/aromatic N) is 3. The highest BCUT2D eigenvalue weighted by atomic mass is 27.0. The largest absolute Gasteiger partial charge is 0.481 e. The summed E-state index contributed by atoms with van der Waals surface area (Å²) in [6.07, 6.45) is 2.96. The zero-order chi connectivity index (χ0) is 62.5. The molecule has 84 heavy (non-hydrogen) atoms. The third-order valence-corrected chi connectivity index (χ3v) is 14.8. The molecule has 26 heteroatoms. The molecule has 0 fully saturated rings. The van der Waals surface area contributed by atoms with Gasteiger partial charge in [-0.2, -0.15) is 0 Å². The highest BCUT2D eigenvalue weighted by Gasteiger charge is 2.41. The van der Waals surface area contributed by atoms with Crippen LogP contribution in [0, 0.1) is 22.5 Å². The van der Waals surface area contributed by atoms with E-state index in [2.05, 4.69) is 58.5 Å². The second-order valence-corrected chi connectivity index (χ2v) is 23.9. The topological polar surface area (TPSA) is 346 Å². The van der Waals surface area contributed by atoms with Gasteiger partial charge in [0, 0.05) is 81.1 Å². The van der Waals surface area contributed by atoms with Crippen LogP contribution < -0.4 is 43.0 Å². The molecule has 0 aliphatic carbocycles. The number of nitrogens with one attached hydrogen (secondary N) is 7. The van der Waals surface area contributed by atoms with Gasteiger partial charge in [0.05, 0.1) is 31.9 Å². The molecule has 454 valence electrons. The quantitative estimate of drug-likeness (QED) is 0.0237. The average Bonchev–Trinajstić information content (AvgIpc) is 2.04. The zero-order valence-electron chi connectivity index (χ0n) is 48.4. The van der Waals surface area contributed by atoms with Crippen LogP contribution in [0.5, 0.6) is 0 Å². The summed E-state index contributed by atoms with van der Waals surface area (Å²) in [6, 6.07) is 9.70. The van der Waals surface area contributed by atoms with Crippen molar-refractivity contribution in [2.45, 2.75) is 122 Å². The first kappa shape index (κ1) is 68.9. The lowest BCUT2D eigenvalue weighted by Gasteiger charge is -2.42. The molecule has 0 saturated carbocycles. The van der Waals surface area contributed by atoms with E-state index in [9.17, 15) is 62.9 Å². The van der Waals surface area contributed by atoms with Crippen molar-refractivity contribution in [3.8, 4) is 11.1 Å². The molecule has 1 unspecified atom stereocenters. The van der Waals surface area contributed by atoms with E-state index in [-0.39, 0.29) is 82.0 Å². The number of amides is 8. The van der Waals surface area contributed by atoms with Gasteiger partial charge in [-0.15, -0.1) is 0 Å². The minimum absolute atomic E-state index is 0.0634. The molecule has 0 aliphatic rings. The number of aromatic nitrogens is 2. The van der Waals surface area contributed by atoms with Crippen LogP contribution in [0.25, 0.3) is 11.1 Å². The number of aliphatic carboxylic acids is 1. The number of rotatable bonds is 33. The number of primary amides is 1. The predicted octanol–water partition coefficient (Wildman–Crippen LogP) is 1.30. The summed E-state index contributed by atoms with van der Waals surface area (Å²) in [7, 11) is 0. The van der Waals surface area contributed by atoms with Crippen molar-refractivity contribution in [2.24, 2.45) is 16.6 Å². The molecule has 4 rings (SSSR count). The van der Waals surface area contributed by atoms with E-state index in [0.29, 0.717) is 11.3 Å². The van der Waals surface area contributed by atoms with Gasteiger partial charge in [-0.25, -0.2) is 8.78 Å². The van der Waals surface area contributed by atoms with E-state index in [1.54, 1.807) is 35.9 Å². The molecule has 2 heterocycles. The summed E-state index contributed by atoms with van der Waals surface area (Å²) in [5, 5.41) is 48.5. The Morgan fingerprint density at radius 2 is 1.35 bits per heavy atom. The number of carbonyl (C=O) groups excluding carboxylic acids is 8.